The summed E-state index contributed by atoms with van der Waals surface area (Å²) in [7, 11) is -3.62. The quantitative estimate of drug-likeness (QED) is 0.520. The Bertz CT molecular complexity index is 817. The molecular formula is C22H33N3O4S. The van der Waals surface area contributed by atoms with Crippen molar-refractivity contribution < 1.29 is 18.0 Å². The predicted molar refractivity (Wildman–Crippen MR) is 117 cm³/mol. The normalized spacial score (nSPS) is 25.9. The summed E-state index contributed by atoms with van der Waals surface area (Å²) in [5.41, 5.74) is 0. The number of allylic oxidation sites excluding steroid dienone is 4. The fourth-order valence-corrected chi connectivity index (χ4v) is 6.04. The van der Waals surface area contributed by atoms with Crippen molar-refractivity contribution in [2.75, 3.05) is 19.3 Å². The Morgan fingerprint density at radius 1 is 1.10 bits per heavy atom. The van der Waals surface area contributed by atoms with Gasteiger partial charge >= 0.3 is 0 Å². The van der Waals surface area contributed by atoms with Crippen LogP contribution in [0.15, 0.2) is 36.7 Å². The summed E-state index contributed by atoms with van der Waals surface area (Å²) in [6.45, 7) is 3.43. The lowest BCUT2D eigenvalue weighted by Gasteiger charge is -2.27. The highest BCUT2D eigenvalue weighted by atomic mass is 32.2. The first kappa shape index (κ1) is 22.6. The Morgan fingerprint density at radius 2 is 1.80 bits per heavy atom. The number of hydrogen-bond donors (Lipinski definition) is 0. The molecule has 2 fully saturated rings. The lowest BCUT2D eigenvalue weighted by Crippen LogP contribution is -2.43. The topological polar surface area (TPSA) is 78.0 Å². The molecular weight excluding hydrogens is 402 g/mol. The van der Waals surface area contributed by atoms with Crippen LogP contribution in [0.5, 0.6) is 0 Å². The van der Waals surface area contributed by atoms with Crippen LogP contribution in [0.2, 0.25) is 0 Å². The molecule has 0 N–H and O–H groups in total. The molecule has 2 amide bonds. The SMILES string of the molecule is CCC[C@H]1C(=O)N(S(C)(=O)=O)C2CCN(C(=O)CCCCCN3C=CC=CC=C3)C21. The number of hydrogen-bond acceptors (Lipinski definition) is 5. The number of carbonyl (C=O) groups excluding carboxylic acids is 2. The zero-order valence-corrected chi connectivity index (χ0v) is 18.8. The minimum absolute atomic E-state index is 0.0468. The highest BCUT2D eigenvalue weighted by Crippen LogP contribution is 2.40. The van der Waals surface area contributed by atoms with E-state index >= 15 is 0 Å². The summed E-state index contributed by atoms with van der Waals surface area (Å²) in [5, 5.41) is 0. The van der Waals surface area contributed by atoms with E-state index in [1.165, 1.54) is 0 Å². The second kappa shape index (κ2) is 9.81. The lowest BCUT2D eigenvalue weighted by molar-refractivity contribution is -0.134. The van der Waals surface area contributed by atoms with Gasteiger partial charge in [-0.15, -0.1) is 0 Å². The van der Waals surface area contributed by atoms with Gasteiger partial charge in [0.15, 0.2) is 0 Å². The molecule has 8 heteroatoms. The molecule has 30 heavy (non-hydrogen) atoms. The number of carbonyl (C=O) groups is 2. The molecule has 0 aromatic carbocycles. The molecule has 3 heterocycles. The zero-order chi connectivity index (χ0) is 21.7. The number of fused-ring (bicyclic) bond motifs is 1. The van der Waals surface area contributed by atoms with Crippen LogP contribution in [-0.4, -0.2) is 65.8 Å². The molecule has 0 spiro atoms. The average molecular weight is 436 g/mol. The van der Waals surface area contributed by atoms with Gasteiger partial charge in [-0.3, -0.25) is 9.59 Å². The van der Waals surface area contributed by atoms with Crippen LogP contribution in [0, 0.1) is 5.92 Å². The molecule has 0 saturated carbocycles. The Morgan fingerprint density at radius 3 is 2.43 bits per heavy atom. The van der Waals surface area contributed by atoms with E-state index in [1.54, 1.807) is 4.90 Å². The van der Waals surface area contributed by atoms with Gasteiger partial charge in [0.1, 0.15) is 0 Å². The van der Waals surface area contributed by atoms with Crippen molar-refractivity contribution in [3.05, 3.63) is 36.7 Å². The molecule has 3 atom stereocenters. The van der Waals surface area contributed by atoms with Gasteiger partial charge in [0.05, 0.1) is 24.3 Å². The molecule has 2 unspecified atom stereocenters. The third-order valence-electron chi connectivity index (χ3n) is 6.14. The number of likely N-dealkylation sites (tertiary alicyclic amines) is 1. The highest BCUT2D eigenvalue weighted by Gasteiger charge is 2.56. The van der Waals surface area contributed by atoms with Crippen LogP contribution < -0.4 is 0 Å². The predicted octanol–water partition coefficient (Wildman–Crippen LogP) is 2.63. The highest BCUT2D eigenvalue weighted by molar-refractivity contribution is 7.88. The van der Waals surface area contributed by atoms with E-state index in [-0.39, 0.29) is 17.9 Å². The second-order valence-electron chi connectivity index (χ2n) is 8.34. The van der Waals surface area contributed by atoms with Gasteiger partial charge in [-0.25, -0.2) is 12.7 Å². The summed E-state index contributed by atoms with van der Waals surface area (Å²) in [5.74, 6) is -0.693. The summed E-state index contributed by atoms with van der Waals surface area (Å²) in [6.07, 6.45) is 18.3. The van der Waals surface area contributed by atoms with Gasteiger partial charge in [0.2, 0.25) is 21.8 Å². The monoisotopic (exact) mass is 435 g/mol. The first-order valence-corrected chi connectivity index (χ1v) is 12.8. The average Bonchev–Trinajstić information content (AvgIpc) is 3.08. The maximum Gasteiger partial charge on any atom is 0.241 e. The van der Waals surface area contributed by atoms with E-state index in [4.69, 9.17) is 0 Å². The Hall–Kier alpha value is -2.09. The molecule has 0 bridgehead atoms. The molecule has 7 nitrogen and oxygen atoms in total. The molecule has 3 aliphatic heterocycles. The Labute approximate surface area is 180 Å². The minimum Gasteiger partial charge on any atom is -0.354 e. The van der Waals surface area contributed by atoms with Crippen molar-refractivity contribution in [3.63, 3.8) is 0 Å². The van der Waals surface area contributed by atoms with Gasteiger partial charge in [-0.1, -0.05) is 31.9 Å². The van der Waals surface area contributed by atoms with Crippen molar-refractivity contribution in [1.82, 2.24) is 14.1 Å². The third-order valence-corrected chi connectivity index (χ3v) is 7.31. The molecule has 0 aromatic rings. The number of sulfonamides is 1. The third kappa shape index (κ3) is 4.96. The number of nitrogens with zero attached hydrogens (tertiary/aromatic N) is 3. The number of unbranched alkanes of at least 4 members (excludes halogenated alkanes) is 2. The first-order chi connectivity index (χ1) is 14.3. The van der Waals surface area contributed by atoms with Crippen LogP contribution in [0.25, 0.3) is 0 Å². The van der Waals surface area contributed by atoms with E-state index < -0.39 is 22.0 Å². The molecule has 3 rings (SSSR count). The van der Waals surface area contributed by atoms with Crippen molar-refractivity contribution in [2.24, 2.45) is 5.92 Å². The van der Waals surface area contributed by atoms with E-state index in [2.05, 4.69) is 4.90 Å². The standard InChI is InChI=1S/C22H33N3O4S/c1-3-11-18-21-19(25(22(18)27)30(2,28)29)13-17-24(21)20(26)12-7-6-10-16-23-14-8-4-5-9-15-23/h4-5,8-9,14-15,18-19,21H,3,6-7,10-13,16-17H2,1-2H3/t18-,19?,21?/m1/s1. The van der Waals surface area contributed by atoms with Gasteiger partial charge in [-0.05, 0) is 37.8 Å². The smallest absolute Gasteiger partial charge is 0.241 e. The molecule has 2 saturated heterocycles. The van der Waals surface area contributed by atoms with E-state index in [0.29, 0.717) is 25.8 Å². The maximum absolute atomic E-state index is 12.9. The molecule has 3 aliphatic rings. The fraction of sp³-hybridized carbons (Fsp3) is 0.636. The molecule has 166 valence electrons. The summed E-state index contributed by atoms with van der Waals surface area (Å²) < 4.78 is 25.4. The fourth-order valence-electron chi connectivity index (χ4n) is 4.86. The maximum atomic E-state index is 12.9. The Balaban J connectivity index is 1.53. The van der Waals surface area contributed by atoms with E-state index in [0.717, 1.165) is 42.8 Å². The first-order valence-electron chi connectivity index (χ1n) is 10.9. The zero-order valence-electron chi connectivity index (χ0n) is 17.9. The van der Waals surface area contributed by atoms with Crippen LogP contribution in [0.3, 0.4) is 0 Å². The molecule has 0 aromatic heterocycles. The minimum atomic E-state index is -3.62. The second-order valence-corrected chi connectivity index (χ2v) is 10.2. The van der Waals surface area contributed by atoms with E-state index in [9.17, 15) is 18.0 Å². The lowest BCUT2D eigenvalue weighted by atomic mass is 9.94. The van der Waals surface area contributed by atoms with Gasteiger partial charge in [0.25, 0.3) is 0 Å². The molecule has 0 aliphatic carbocycles. The summed E-state index contributed by atoms with van der Waals surface area (Å²) >= 11 is 0. The Kier molecular flexibility index (Phi) is 7.39. The molecule has 0 radical (unpaired) electrons. The van der Waals surface area contributed by atoms with Crippen molar-refractivity contribution in [2.45, 2.75) is 64.0 Å². The van der Waals surface area contributed by atoms with Crippen molar-refractivity contribution >= 4 is 21.8 Å². The van der Waals surface area contributed by atoms with Crippen LogP contribution >= 0.6 is 0 Å². The van der Waals surface area contributed by atoms with Crippen LogP contribution in [0.4, 0.5) is 0 Å². The summed E-state index contributed by atoms with van der Waals surface area (Å²) in [4.78, 5) is 29.6. The van der Waals surface area contributed by atoms with Gasteiger partial charge in [0, 0.05) is 31.9 Å². The van der Waals surface area contributed by atoms with Crippen LogP contribution in [-0.2, 0) is 19.6 Å². The van der Waals surface area contributed by atoms with E-state index in [1.807, 2.05) is 43.6 Å². The van der Waals surface area contributed by atoms with Crippen LogP contribution in [0.1, 0.15) is 51.9 Å². The van der Waals surface area contributed by atoms with Gasteiger partial charge < -0.3 is 9.80 Å². The van der Waals surface area contributed by atoms with Crippen molar-refractivity contribution in [3.8, 4) is 0 Å². The number of rotatable bonds is 9. The van der Waals surface area contributed by atoms with Crippen molar-refractivity contribution in [1.29, 1.82) is 0 Å². The van der Waals surface area contributed by atoms with Gasteiger partial charge in [-0.2, -0.15) is 0 Å². The summed E-state index contributed by atoms with van der Waals surface area (Å²) in [6, 6.07) is -0.706. The largest absolute Gasteiger partial charge is 0.354 e. The number of amides is 2.